The monoisotopic (exact) mass is 160 g/mol. The molecule has 0 spiro atoms. The van der Waals surface area contributed by atoms with E-state index >= 15 is 0 Å². The summed E-state index contributed by atoms with van der Waals surface area (Å²) in [5.41, 5.74) is 0. The summed E-state index contributed by atoms with van der Waals surface area (Å²) in [6.45, 7) is 4.04. The van der Waals surface area contributed by atoms with Crippen LogP contribution in [0.15, 0.2) is 0 Å². The van der Waals surface area contributed by atoms with Crippen LogP contribution in [0.1, 0.15) is 19.8 Å². The third-order valence-electron chi connectivity index (χ3n) is 1.86. The van der Waals surface area contributed by atoms with Crippen molar-refractivity contribution in [3.8, 4) is 0 Å². The molecule has 0 unspecified atom stereocenters. The van der Waals surface area contributed by atoms with E-state index in [2.05, 4.69) is 0 Å². The summed E-state index contributed by atoms with van der Waals surface area (Å²) >= 11 is 0. The molecule has 0 heterocycles. The van der Waals surface area contributed by atoms with Gasteiger partial charge in [0.1, 0.15) is 0 Å². The highest BCUT2D eigenvalue weighted by molar-refractivity contribution is 4.78. The van der Waals surface area contributed by atoms with Gasteiger partial charge in [0, 0.05) is 6.61 Å². The predicted octanol–water partition coefficient (Wildman–Crippen LogP) is 0.563. The first kappa shape index (κ1) is 8.97. The van der Waals surface area contributed by atoms with Gasteiger partial charge in [0.25, 0.3) is 0 Å². The van der Waals surface area contributed by atoms with Gasteiger partial charge in [-0.25, -0.2) is 0 Å². The van der Waals surface area contributed by atoms with Crippen molar-refractivity contribution in [3.05, 3.63) is 0 Å². The molecule has 0 aromatic carbocycles. The third kappa shape index (κ3) is 3.18. The van der Waals surface area contributed by atoms with Crippen LogP contribution in [0.3, 0.4) is 0 Å². The van der Waals surface area contributed by atoms with E-state index in [-0.39, 0.29) is 12.2 Å². The maximum atomic E-state index is 8.91. The zero-order valence-electron chi connectivity index (χ0n) is 6.95. The summed E-state index contributed by atoms with van der Waals surface area (Å²) < 4.78 is 10.5. The minimum Gasteiger partial charge on any atom is -0.393 e. The zero-order chi connectivity index (χ0) is 8.10. The molecule has 0 aliphatic heterocycles. The van der Waals surface area contributed by atoms with Gasteiger partial charge in [-0.1, -0.05) is 0 Å². The number of aliphatic hydroxyl groups is 1. The number of aliphatic hydroxyl groups excluding tert-OH is 1. The Balaban J connectivity index is 1.81. The molecule has 0 aromatic heterocycles. The Morgan fingerprint density at radius 3 is 2.64 bits per heavy atom. The highest BCUT2D eigenvalue weighted by Crippen LogP contribution is 2.22. The lowest BCUT2D eigenvalue weighted by molar-refractivity contribution is -0.0830. The Kier molecular flexibility index (Phi) is 3.83. The standard InChI is InChI=1S/C8H16O3/c1-2-10-3-4-11-8-5-7(9)6-8/h7-9H,2-6H2,1H3. The van der Waals surface area contributed by atoms with Gasteiger partial charge in [-0.2, -0.15) is 0 Å². The Hall–Kier alpha value is -0.120. The molecule has 0 saturated heterocycles. The first-order valence-corrected chi connectivity index (χ1v) is 4.20. The first-order chi connectivity index (χ1) is 5.33. The fourth-order valence-corrected chi connectivity index (χ4v) is 1.09. The Morgan fingerprint density at radius 2 is 2.09 bits per heavy atom. The third-order valence-corrected chi connectivity index (χ3v) is 1.86. The average molecular weight is 160 g/mol. The fraction of sp³-hybridized carbons (Fsp3) is 1.00. The van der Waals surface area contributed by atoms with Crippen LogP contribution in [-0.4, -0.2) is 37.1 Å². The van der Waals surface area contributed by atoms with Gasteiger partial charge < -0.3 is 14.6 Å². The van der Waals surface area contributed by atoms with Crippen LogP contribution in [0.25, 0.3) is 0 Å². The molecule has 1 fully saturated rings. The SMILES string of the molecule is CCOCCOC1CC(O)C1. The van der Waals surface area contributed by atoms with Gasteiger partial charge in [-0.3, -0.25) is 0 Å². The van der Waals surface area contributed by atoms with Crippen molar-refractivity contribution < 1.29 is 14.6 Å². The van der Waals surface area contributed by atoms with Gasteiger partial charge in [-0.15, -0.1) is 0 Å². The minimum atomic E-state index is -0.118. The number of rotatable bonds is 5. The predicted molar refractivity (Wildman–Crippen MR) is 41.5 cm³/mol. The molecule has 1 rings (SSSR count). The molecule has 3 nitrogen and oxygen atoms in total. The summed E-state index contributed by atoms with van der Waals surface area (Å²) in [5, 5.41) is 8.91. The fourth-order valence-electron chi connectivity index (χ4n) is 1.09. The molecule has 1 saturated carbocycles. The number of hydrogen-bond acceptors (Lipinski definition) is 3. The zero-order valence-corrected chi connectivity index (χ0v) is 6.95. The van der Waals surface area contributed by atoms with E-state index in [1.54, 1.807) is 0 Å². The van der Waals surface area contributed by atoms with Crippen molar-refractivity contribution in [1.29, 1.82) is 0 Å². The number of hydrogen-bond donors (Lipinski definition) is 1. The summed E-state index contributed by atoms with van der Waals surface area (Å²) in [5.74, 6) is 0. The van der Waals surface area contributed by atoms with Gasteiger partial charge >= 0.3 is 0 Å². The Labute approximate surface area is 67.3 Å². The van der Waals surface area contributed by atoms with E-state index in [9.17, 15) is 0 Å². The van der Waals surface area contributed by atoms with Crippen molar-refractivity contribution in [2.45, 2.75) is 32.0 Å². The second-order valence-corrected chi connectivity index (χ2v) is 2.81. The molecule has 3 heteroatoms. The molecular weight excluding hydrogens is 144 g/mol. The molecule has 1 N–H and O–H groups in total. The van der Waals surface area contributed by atoms with Crippen LogP contribution < -0.4 is 0 Å². The summed E-state index contributed by atoms with van der Waals surface area (Å²) in [4.78, 5) is 0. The van der Waals surface area contributed by atoms with Gasteiger partial charge in [0.05, 0.1) is 25.4 Å². The molecular formula is C8H16O3. The molecule has 0 radical (unpaired) electrons. The van der Waals surface area contributed by atoms with Crippen LogP contribution in [0, 0.1) is 0 Å². The summed E-state index contributed by atoms with van der Waals surface area (Å²) in [6, 6.07) is 0. The van der Waals surface area contributed by atoms with E-state index < -0.39 is 0 Å². The van der Waals surface area contributed by atoms with Crippen molar-refractivity contribution in [1.82, 2.24) is 0 Å². The summed E-state index contributed by atoms with van der Waals surface area (Å²) in [6.07, 6.45) is 1.76. The lowest BCUT2D eigenvalue weighted by atomic mass is 9.92. The van der Waals surface area contributed by atoms with E-state index in [0.29, 0.717) is 13.2 Å². The molecule has 1 aliphatic rings. The van der Waals surface area contributed by atoms with E-state index in [0.717, 1.165) is 19.4 Å². The normalized spacial score (nSPS) is 30.0. The van der Waals surface area contributed by atoms with Crippen LogP contribution in [-0.2, 0) is 9.47 Å². The molecule has 0 atom stereocenters. The van der Waals surface area contributed by atoms with Crippen LogP contribution in [0.4, 0.5) is 0 Å². The summed E-state index contributed by atoms with van der Waals surface area (Å²) in [7, 11) is 0. The van der Waals surface area contributed by atoms with Gasteiger partial charge in [-0.05, 0) is 19.8 Å². The molecule has 1 aliphatic carbocycles. The highest BCUT2D eigenvalue weighted by Gasteiger charge is 2.27. The topological polar surface area (TPSA) is 38.7 Å². The second-order valence-electron chi connectivity index (χ2n) is 2.81. The minimum absolute atomic E-state index is 0.118. The number of ether oxygens (including phenoxy) is 2. The average Bonchev–Trinajstić information content (AvgIpc) is 1.94. The maximum absolute atomic E-state index is 8.91. The van der Waals surface area contributed by atoms with Crippen molar-refractivity contribution in [2.75, 3.05) is 19.8 Å². The second kappa shape index (κ2) is 4.70. The lowest BCUT2D eigenvalue weighted by Gasteiger charge is -2.31. The van der Waals surface area contributed by atoms with Gasteiger partial charge in [0.15, 0.2) is 0 Å². The maximum Gasteiger partial charge on any atom is 0.0704 e. The van der Waals surface area contributed by atoms with Crippen molar-refractivity contribution in [3.63, 3.8) is 0 Å². The van der Waals surface area contributed by atoms with Crippen LogP contribution in [0.2, 0.25) is 0 Å². The Bertz CT molecular complexity index is 99.5. The molecule has 0 bridgehead atoms. The molecule has 11 heavy (non-hydrogen) atoms. The Morgan fingerprint density at radius 1 is 1.36 bits per heavy atom. The van der Waals surface area contributed by atoms with Gasteiger partial charge in [0.2, 0.25) is 0 Å². The van der Waals surface area contributed by atoms with Crippen LogP contribution in [0.5, 0.6) is 0 Å². The lowest BCUT2D eigenvalue weighted by Crippen LogP contribution is -2.36. The molecule has 66 valence electrons. The molecule has 0 aromatic rings. The van der Waals surface area contributed by atoms with E-state index in [1.807, 2.05) is 6.92 Å². The van der Waals surface area contributed by atoms with E-state index in [4.69, 9.17) is 14.6 Å². The first-order valence-electron chi connectivity index (χ1n) is 4.20. The smallest absolute Gasteiger partial charge is 0.0704 e. The molecule has 0 amide bonds. The quantitative estimate of drug-likeness (QED) is 0.597. The largest absolute Gasteiger partial charge is 0.393 e. The van der Waals surface area contributed by atoms with Crippen molar-refractivity contribution >= 4 is 0 Å². The van der Waals surface area contributed by atoms with Crippen LogP contribution >= 0.6 is 0 Å². The highest BCUT2D eigenvalue weighted by atomic mass is 16.5. The van der Waals surface area contributed by atoms with Crippen molar-refractivity contribution in [2.24, 2.45) is 0 Å². The van der Waals surface area contributed by atoms with E-state index in [1.165, 1.54) is 0 Å².